The maximum absolute atomic E-state index is 12.3. The number of benzene rings is 2. The summed E-state index contributed by atoms with van der Waals surface area (Å²) in [5.41, 5.74) is 1.12. The van der Waals surface area contributed by atoms with Gasteiger partial charge < -0.3 is 10.1 Å². The Morgan fingerprint density at radius 1 is 1.04 bits per heavy atom. The number of hydrogen-bond acceptors (Lipinski definition) is 4. The van der Waals surface area contributed by atoms with Gasteiger partial charge in [0.15, 0.2) is 0 Å². The molecule has 0 spiro atoms. The first-order valence-corrected chi connectivity index (χ1v) is 7.97. The van der Waals surface area contributed by atoms with Gasteiger partial charge in [0, 0.05) is 39.1 Å². The quantitative estimate of drug-likeness (QED) is 0.681. The Hall–Kier alpha value is -2.63. The fourth-order valence-corrected chi connectivity index (χ4v) is 2.99. The Labute approximate surface area is 153 Å². The molecule has 126 valence electrons. The van der Waals surface area contributed by atoms with E-state index < -0.39 is 5.97 Å². The second kappa shape index (κ2) is 7.09. The summed E-state index contributed by atoms with van der Waals surface area (Å²) in [6, 6.07) is 9.58. The van der Waals surface area contributed by atoms with Gasteiger partial charge in [0.1, 0.15) is 0 Å². The lowest BCUT2D eigenvalue weighted by molar-refractivity contribution is 0.0603. The molecule has 1 aromatic heterocycles. The number of carbonyl (C=O) groups excluding carboxylic acids is 2. The highest BCUT2D eigenvalue weighted by molar-refractivity contribution is 6.39. The molecule has 0 aliphatic carbocycles. The van der Waals surface area contributed by atoms with Crippen molar-refractivity contribution < 1.29 is 14.3 Å². The molecule has 0 unspecified atom stereocenters. The number of amides is 1. The molecule has 0 fully saturated rings. The van der Waals surface area contributed by atoms with Crippen LogP contribution < -0.4 is 5.32 Å². The third-order valence-electron chi connectivity index (χ3n) is 3.59. The molecule has 0 radical (unpaired) electrons. The fourth-order valence-electron chi connectivity index (χ4n) is 2.44. The van der Waals surface area contributed by atoms with Gasteiger partial charge in [0.05, 0.1) is 12.7 Å². The monoisotopic (exact) mass is 374 g/mol. The molecular weight excluding hydrogens is 363 g/mol. The lowest BCUT2D eigenvalue weighted by Gasteiger charge is -2.12. The van der Waals surface area contributed by atoms with Crippen molar-refractivity contribution in [2.24, 2.45) is 0 Å². The van der Waals surface area contributed by atoms with E-state index in [9.17, 15) is 9.59 Å². The molecular formula is C18H12Cl2N2O3. The highest BCUT2D eigenvalue weighted by Crippen LogP contribution is 2.33. The average Bonchev–Trinajstić information content (AvgIpc) is 2.61. The van der Waals surface area contributed by atoms with Gasteiger partial charge in [0.25, 0.3) is 5.91 Å². The van der Waals surface area contributed by atoms with Gasteiger partial charge in [-0.15, -0.1) is 0 Å². The third kappa shape index (κ3) is 3.57. The first-order valence-electron chi connectivity index (χ1n) is 7.22. The van der Waals surface area contributed by atoms with Crippen molar-refractivity contribution in [2.45, 2.75) is 0 Å². The second-order valence-corrected chi connectivity index (χ2v) is 6.03. The number of pyridine rings is 1. The van der Waals surface area contributed by atoms with Crippen LogP contribution in [-0.4, -0.2) is 24.0 Å². The number of fused-ring (bicyclic) bond motifs is 1. The van der Waals surface area contributed by atoms with E-state index in [4.69, 9.17) is 27.9 Å². The highest BCUT2D eigenvalue weighted by Gasteiger charge is 2.16. The normalized spacial score (nSPS) is 10.5. The summed E-state index contributed by atoms with van der Waals surface area (Å²) < 4.78 is 4.82. The van der Waals surface area contributed by atoms with E-state index in [1.807, 2.05) is 0 Å². The van der Waals surface area contributed by atoms with E-state index in [1.165, 1.54) is 25.6 Å². The Kier molecular flexibility index (Phi) is 4.88. The number of anilines is 1. The van der Waals surface area contributed by atoms with Crippen LogP contribution in [0, 0.1) is 0 Å². The van der Waals surface area contributed by atoms with Crippen LogP contribution in [0.1, 0.15) is 20.7 Å². The summed E-state index contributed by atoms with van der Waals surface area (Å²) >= 11 is 12.3. The minimum atomic E-state index is -0.552. The number of ether oxygens (including phenoxy) is 1. The Bertz CT molecular complexity index is 975. The van der Waals surface area contributed by atoms with Crippen molar-refractivity contribution in [1.82, 2.24) is 4.98 Å². The Balaban J connectivity index is 2.10. The minimum Gasteiger partial charge on any atom is -0.465 e. The number of nitrogens with zero attached hydrogens (tertiary/aromatic N) is 1. The maximum atomic E-state index is 12.3. The zero-order chi connectivity index (χ0) is 18.0. The standard InChI is InChI=1S/C18H12Cl2N2O3/c1-25-18(24)15-9-12(22-17(23)10-2-4-21-5-3-10)8-14-13(15)6-11(19)7-16(14)20/h2-9H,1H3,(H,22,23). The number of nitrogens with one attached hydrogen (secondary N) is 1. The van der Waals surface area contributed by atoms with Crippen molar-refractivity contribution in [1.29, 1.82) is 0 Å². The number of hydrogen-bond donors (Lipinski definition) is 1. The number of methoxy groups -OCH3 is 1. The number of halogens is 2. The number of rotatable bonds is 3. The molecule has 0 aliphatic rings. The van der Waals surface area contributed by atoms with E-state index in [1.54, 1.807) is 30.3 Å². The molecule has 1 heterocycles. The molecule has 0 aliphatic heterocycles. The van der Waals surface area contributed by atoms with Crippen LogP contribution in [0.3, 0.4) is 0 Å². The van der Waals surface area contributed by atoms with Crippen molar-refractivity contribution in [3.63, 3.8) is 0 Å². The van der Waals surface area contributed by atoms with Gasteiger partial charge >= 0.3 is 5.97 Å². The van der Waals surface area contributed by atoms with Crippen LogP contribution in [-0.2, 0) is 4.74 Å². The van der Waals surface area contributed by atoms with Gasteiger partial charge in [-0.3, -0.25) is 9.78 Å². The number of carbonyl (C=O) groups is 2. The van der Waals surface area contributed by atoms with Gasteiger partial charge in [-0.25, -0.2) is 4.79 Å². The van der Waals surface area contributed by atoms with E-state index in [0.29, 0.717) is 32.1 Å². The molecule has 3 aromatic rings. The molecule has 3 rings (SSSR count). The van der Waals surface area contributed by atoms with E-state index in [-0.39, 0.29) is 11.5 Å². The second-order valence-electron chi connectivity index (χ2n) is 5.19. The molecule has 1 N–H and O–H groups in total. The van der Waals surface area contributed by atoms with Gasteiger partial charge in [0.2, 0.25) is 0 Å². The molecule has 1 amide bonds. The van der Waals surface area contributed by atoms with Crippen LogP contribution in [0.4, 0.5) is 5.69 Å². The van der Waals surface area contributed by atoms with Crippen LogP contribution in [0.15, 0.2) is 48.8 Å². The van der Waals surface area contributed by atoms with Crippen LogP contribution in [0.2, 0.25) is 10.0 Å². The highest BCUT2D eigenvalue weighted by atomic mass is 35.5. The molecule has 5 nitrogen and oxygen atoms in total. The van der Waals surface area contributed by atoms with E-state index in [2.05, 4.69) is 10.3 Å². The zero-order valence-electron chi connectivity index (χ0n) is 13.0. The minimum absolute atomic E-state index is 0.259. The molecule has 0 saturated heterocycles. The first kappa shape index (κ1) is 17.2. The average molecular weight is 375 g/mol. The lowest BCUT2D eigenvalue weighted by Crippen LogP contribution is -2.13. The van der Waals surface area contributed by atoms with E-state index in [0.717, 1.165) is 0 Å². The maximum Gasteiger partial charge on any atom is 0.338 e. The molecule has 2 aromatic carbocycles. The van der Waals surface area contributed by atoms with Crippen LogP contribution >= 0.6 is 23.2 Å². The summed E-state index contributed by atoms with van der Waals surface area (Å²) in [5, 5.41) is 4.64. The summed E-state index contributed by atoms with van der Waals surface area (Å²) in [4.78, 5) is 28.3. The van der Waals surface area contributed by atoms with Crippen molar-refractivity contribution in [3.8, 4) is 0 Å². The predicted molar refractivity (Wildman–Crippen MR) is 97.5 cm³/mol. The molecule has 0 atom stereocenters. The fraction of sp³-hybridized carbons (Fsp3) is 0.0556. The summed E-state index contributed by atoms with van der Waals surface area (Å²) in [6.45, 7) is 0. The number of esters is 1. The van der Waals surface area contributed by atoms with Gasteiger partial charge in [-0.1, -0.05) is 23.2 Å². The Morgan fingerprint density at radius 3 is 2.44 bits per heavy atom. The predicted octanol–water partition coefficient (Wildman–Crippen LogP) is 4.58. The zero-order valence-corrected chi connectivity index (χ0v) is 14.6. The molecule has 0 bridgehead atoms. The summed E-state index contributed by atoms with van der Waals surface area (Å²) in [6.07, 6.45) is 3.04. The van der Waals surface area contributed by atoms with E-state index >= 15 is 0 Å². The van der Waals surface area contributed by atoms with Crippen molar-refractivity contribution >= 4 is 51.5 Å². The topological polar surface area (TPSA) is 68.3 Å². The summed E-state index contributed by atoms with van der Waals surface area (Å²) in [7, 11) is 1.28. The lowest BCUT2D eigenvalue weighted by atomic mass is 10.0. The van der Waals surface area contributed by atoms with Crippen molar-refractivity contribution in [3.05, 3.63) is 70.0 Å². The first-order chi connectivity index (χ1) is 12.0. The van der Waals surface area contributed by atoms with Gasteiger partial charge in [-0.05, 0) is 41.8 Å². The SMILES string of the molecule is COC(=O)c1cc(NC(=O)c2ccncc2)cc2c(Cl)cc(Cl)cc12. The van der Waals surface area contributed by atoms with Crippen molar-refractivity contribution in [2.75, 3.05) is 12.4 Å². The summed E-state index contributed by atoms with van der Waals surface area (Å²) in [5.74, 6) is -0.883. The smallest absolute Gasteiger partial charge is 0.338 e. The molecule has 25 heavy (non-hydrogen) atoms. The van der Waals surface area contributed by atoms with Crippen LogP contribution in [0.5, 0.6) is 0 Å². The third-order valence-corrected chi connectivity index (χ3v) is 4.12. The largest absolute Gasteiger partial charge is 0.465 e. The molecule has 7 heteroatoms. The molecule has 0 saturated carbocycles. The van der Waals surface area contributed by atoms with Crippen LogP contribution in [0.25, 0.3) is 10.8 Å². The number of aromatic nitrogens is 1. The Morgan fingerprint density at radius 2 is 1.76 bits per heavy atom. The van der Waals surface area contributed by atoms with Gasteiger partial charge in [-0.2, -0.15) is 0 Å².